The SMILES string of the molecule is C/C(O)=C(/C=N)C(=O)Nc1ccc(C)c(O)c1. The summed E-state index contributed by atoms with van der Waals surface area (Å²) < 4.78 is 0. The van der Waals surface area contributed by atoms with Gasteiger partial charge in [0.05, 0.1) is 5.57 Å². The molecule has 0 saturated carbocycles. The zero-order valence-corrected chi connectivity index (χ0v) is 9.61. The summed E-state index contributed by atoms with van der Waals surface area (Å²) in [6, 6.07) is 4.69. The van der Waals surface area contributed by atoms with Crippen LogP contribution in [0, 0.1) is 12.3 Å². The number of aromatic hydroxyl groups is 1. The molecule has 17 heavy (non-hydrogen) atoms. The third-order valence-electron chi connectivity index (χ3n) is 2.25. The molecule has 4 N–H and O–H groups in total. The van der Waals surface area contributed by atoms with Crippen LogP contribution in [0.4, 0.5) is 5.69 Å². The van der Waals surface area contributed by atoms with Gasteiger partial charge in [0.2, 0.25) is 0 Å². The highest BCUT2D eigenvalue weighted by atomic mass is 16.3. The minimum absolute atomic E-state index is 0.0731. The lowest BCUT2D eigenvalue weighted by Gasteiger charge is -2.07. The van der Waals surface area contributed by atoms with Gasteiger partial charge in [0.15, 0.2) is 0 Å². The minimum Gasteiger partial charge on any atom is -0.512 e. The molecule has 0 aliphatic carbocycles. The normalized spacial score (nSPS) is 11.6. The number of rotatable bonds is 3. The Labute approximate surface area is 98.9 Å². The summed E-state index contributed by atoms with van der Waals surface area (Å²) in [5.41, 5.74) is 0.980. The molecule has 1 aromatic rings. The largest absolute Gasteiger partial charge is 0.512 e. The lowest BCUT2D eigenvalue weighted by atomic mass is 10.2. The molecule has 0 aliphatic heterocycles. The first-order valence-corrected chi connectivity index (χ1v) is 4.97. The van der Waals surface area contributed by atoms with E-state index in [1.54, 1.807) is 19.1 Å². The lowest BCUT2D eigenvalue weighted by molar-refractivity contribution is -0.112. The number of carbonyl (C=O) groups excluding carboxylic acids is 1. The molecule has 0 heterocycles. The number of hydrogen-bond donors (Lipinski definition) is 4. The Balaban J connectivity index is 2.92. The summed E-state index contributed by atoms with van der Waals surface area (Å²) in [5, 5.41) is 28.1. The van der Waals surface area contributed by atoms with Gasteiger partial charge in [-0.2, -0.15) is 0 Å². The number of anilines is 1. The van der Waals surface area contributed by atoms with Gasteiger partial charge in [-0.25, -0.2) is 0 Å². The van der Waals surface area contributed by atoms with Gasteiger partial charge in [-0.05, 0) is 25.5 Å². The van der Waals surface area contributed by atoms with E-state index in [1.807, 2.05) is 0 Å². The van der Waals surface area contributed by atoms with Crippen molar-refractivity contribution < 1.29 is 15.0 Å². The van der Waals surface area contributed by atoms with Gasteiger partial charge < -0.3 is 20.9 Å². The molecule has 5 heteroatoms. The van der Waals surface area contributed by atoms with E-state index in [-0.39, 0.29) is 17.1 Å². The smallest absolute Gasteiger partial charge is 0.260 e. The first-order chi connectivity index (χ1) is 7.95. The molecule has 0 aliphatic rings. The number of nitrogens with one attached hydrogen (secondary N) is 2. The van der Waals surface area contributed by atoms with Crippen LogP contribution in [0.1, 0.15) is 12.5 Å². The van der Waals surface area contributed by atoms with E-state index < -0.39 is 5.91 Å². The van der Waals surface area contributed by atoms with E-state index in [1.165, 1.54) is 13.0 Å². The van der Waals surface area contributed by atoms with E-state index >= 15 is 0 Å². The number of hydrogen-bond acceptors (Lipinski definition) is 4. The van der Waals surface area contributed by atoms with Crippen LogP contribution < -0.4 is 5.32 Å². The molecule has 1 amide bonds. The van der Waals surface area contributed by atoms with Crippen molar-refractivity contribution in [3.63, 3.8) is 0 Å². The molecule has 5 nitrogen and oxygen atoms in total. The fourth-order valence-corrected chi connectivity index (χ4v) is 1.22. The van der Waals surface area contributed by atoms with Crippen molar-refractivity contribution in [3.05, 3.63) is 35.1 Å². The maximum Gasteiger partial charge on any atom is 0.260 e. The first kappa shape index (κ1) is 12.8. The minimum atomic E-state index is -0.594. The number of carbonyl (C=O) groups is 1. The van der Waals surface area contributed by atoms with Gasteiger partial charge in [-0.3, -0.25) is 4.79 Å². The number of phenols is 1. The molecular weight excluding hydrogens is 220 g/mol. The predicted molar refractivity (Wildman–Crippen MR) is 65.6 cm³/mol. The maximum atomic E-state index is 11.6. The number of benzene rings is 1. The summed E-state index contributed by atoms with van der Waals surface area (Å²) in [7, 11) is 0. The van der Waals surface area contributed by atoms with E-state index in [0.717, 1.165) is 6.21 Å². The molecule has 0 radical (unpaired) electrons. The Hall–Kier alpha value is -2.30. The van der Waals surface area contributed by atoms with Gasteiger partial charge >= 0.3 is 0 Å². The molecule has 0 spiro atoms. The third-order valence-corrected chi connectivity index (χ3v) is 2.25. The van der Waals surface area contributed by atoms with Crippen molar-refractivity contribution in [1.82, 2.24) is 0 Å². The van der Waals surface area contributed by atoms with Crippen LogP contribution in [0.15, 0.2) is 29.5 Å². The number of phenolic OH excluding ortho intramolecular Hbond substituents is 1. The van der Waals surface area contributed by atoms with E-state index in [0.29, 0.717) is 11.3 Å². The molecule has 0 bridgehead atoms. The van der Waals surface area contributed by atoms with E-state index in [4.69, 9.17) is 5.41 Å². The first-order valence-electron chi connectivity index (χ1n) is 4.97. The molecule has 0 unspecified atom stereocenters. The molecular formula is C12H14N2O3. The lowest BCUT2D eigenvalue weighted by Crippen LogP contribution is -2.16. The quantitative estimate of drug-likeness (QED) is 0.366. The standard InChI is InChI=1S/C12H14N2O3/c1-7-3-4-9(5-11(7)16)14-12(17)10(6-13)8(2)15/h3-6,13,15-16H,1-2H3,(H,14,17)/b10-8+,13-6?. The van der Waals surface area contributed by atoms with Crippen LogP contribution in [-0.2, 0) is 4.79 Å². The van der Waals surface area contributed by atoms with Crippen LogP contribution in [0.5, 0.6) is 5.75 Å². The second-order valence-corrected chi connectivity index (χ2v) is 3.60. The van der Waals surface area contributed by atoms with Gasteiger partial charge in [0, 0.05) is 18.0 Å². The second-order valence-electron chi connectivity index (χ2n) is 3.60. The van der Waals surface area contributed by atoms with Crippen LogP contribution in [0.2, 0.25) is 0 Å². The van der Waals surface area contributed by atoms with Crippen LogP contribution >= 0.6 is 0 Å². The number of aryl methyl sites for hydroxylation is 1. The zero-order chi connectivity index (χ0) is 13.0. The Bertz CT molecular complexity index is 489. The molecule has 1 rings (SSSR count). The van der Waals surface area contributed by atoms with Gasteiger partial charge in [-0.15, -0.1) is 0 Å². The van der Waals surface area contributed by atoms with Crippen LogP contribution in [0.3, 0.4) is 0 Å². The van der Waals surface area contributed by atoms with E-state index in [9.17, 15) is 15.0 Å². The zero-order valence-electron chi connectivity index (χ0n) is 9.61. The van der Waals surface area contributed by atoms with Crippen LogP contribution in [-0.4, -0.2) is 22.3 Å². The fourth-order valence-electron chi connectivity index (χ4n) is 1.22. The molecule has 0 saturated heterocycles. The Morgan fingerprint density at radius 3 is 2.59 bits per heavy atom. The summed E-state index contributed by atoms with van der Waals surface area (Å²) in [6.45, 7) is 3.06. The molecule has 0 fully saturated rings. The maximum absolute atomic E-state index is 11.6. The third kappa shape index (κ3) is 3.07. The highest BCUT2D eigenvalue weighted by molar-refractivity contribution is 6.17. The molecule has 1 aromatic carbocycles. The fraction of sp³-hybridized carbons (Fsp3) is 0.167. The summed E-state index contributed by atoms with van der Waals surface area (Å²) in [4.78, 5) is 11.6. The Morgan fingerprint density at radius 2 is 2.12 bits per heavy atom. The number of aliphatic hydroxyl groups is 1. The second kappa shape index (κ2) is 5.16. The Morgan fingerprint density at radius 1 is 1.47 bits per heavy atom. The van der Waals surface area contributed by atoms with Crippen molar-refractivity contribution in [1.29, 1.82) is 5.41 Å². The summed E-state index contributed by atoms with van der Waals surface area (Å²) in [5.74, 6) is -0.749. The van der Waals surface area contributed by atoms with Crippen molar-refractivity contribution in [2.24, 2.45) is 0 Å². The Kier molecular flexibility index (Phi) is 3.87. The van der Waals surface area contributed by atoms with Crippen LogP contribution in [0.25, 0.3) is 0 Å². The van der Waals surface area contributed by atoms with Crippen molar-refractivity contribution in [2.45, 2.75) is 13.8 Å². The number of amides is 1. The monoisotopic (exact) mass is 234 g/mol. The summed E-state index contributed by atoms with van der Waals surface area (Å²) in [6.07, 6.45) is 0.777. The molecule has 0 aromatic heterocycles. The predicted octanol–water partition coefficient (Wildman–Crippen LogP) is 2.12. The summed E-state index contributed by atoms with van der Waals surface area (Å²) >= 11 is 0. The van der Waals surface area contributed by atoms with Crippen molar-refractivity contribution >= 4 is 17.8 Å². The highest BCUT2D eigenvalue weighted by Gasteiger charge is 2.11. The molecule has 90 valence electrons. The van der Waals surface area contributed by atoms with Gasteiger partial charge in [-0.1, -0.05) is 6.07 Å². The molecule has 0 atom stereocenters. The van der Waals surface area contributed by atoms with Gasteiger partial charge in [0.1, 0.15) is 11.5 Å². The number of allylic oxidation sites excluding steroid dienone is 1. The average Bonchev–Trinajstić information content (AvgIpc) is 2.24. The highest BCUT2D eigenvalue weighted by Crippen LogP contribution is 2.21. The van der Waals surface area contributed by atoms with Crippen molar-refractivity contribution in [3.8, 4) is 5.75 Å². The van der Waals surface area contributed by atoms with Gasteiger partial charge in [0.25, 0.3) is 5.91 Å². The van der Waals surface area contributed by atoms with Crippen molar-refractivity contribution in [2.75, 3.05) is 5.32 Å². The topological polar surface area (TPSA) is 93.4 Å². The van der Waals surface area contributed by atoms with E-state index in [2.05, 4.69) is 5.32 Å². The number of aliphatic hydroxyl groups excluding tert-OH is 1. The average molecular weight is 234 g/mol.